The number of hydrogen-bond acceptors (Lipinski definition) is 3. The van der Waals surface area contributed by atoms with E-state index < -0.39 is 5.60 Å². The second-order valence-corrected chi connectivity index (χ2v) is 5.96. The lowest BCUT2D eigenvalue weighted by Gasteiger charge is -2.28. The van der Waals surface area contributed by atoms with Gasteiger partial charge in [-0.3, -0.25) is 4.79 Å². The smallest absolute Gasteiger partial charge is 0.256 e. The Kier molecular flexibility index (Phi) is 6.21. The van der Waals surface area contributed by atoms with E-state index in [0.717, 1.165) is 28.6 Å². The van der Waals surface area contributed by atoms with Crippen molar-refractivity contribution in [3.05, 3.63) is 36.4 Å². The van der Waals surface area contributed by atoms with Gasteiger partial charge in [-0.15, -0.1) is 0 Å². The van der Waals surface area contributed by atoms with Gasteiger partial charge in [0.05, 0.1) is 6.61 Å². The molecule has 24 heavy (non-hydrogen) atoms. The maximum Gasteiger partial charge on any atom is 0.256 e. The Hall–Kier alpha value is -2.07. The molecule has 0 aliphatic rings. The van der Waals surface area contributed by atoms with Crippen LogP contribution in [0.1, 0.15) is 40.5 Å². The Morgan fingerprint density at radius 2 is 1.75 bits per heavy atom. The minimum atomic E-state index is -0.816. The number of carbonyl (C=O) groups is 1. The van der Waals surface area contributed by atoms with E-state index in [-0.39, 0.29) is 5.91 Å². The zero-order valence-electron chi connectivity index (χ0n) is 15.0. The van der Waals surface area contributed by atoms with Crippen LogP contribution in [-0.4, -0.2) is 24.7 Å². The van der Waals surface area contributed by atoms with Gasteiger partial charge in [-0.2, -0.15) is 0 Å². The number of rotatable bonds is 8. The van der Waals surface area contributed by atoms with Crippen LogP contribution in [0.3, 0.4) is 0 Å². The van der Waals surface area contributed by atoms with Crippen molar-refractivity contribution in [1.29, 1.82) is 0 Å². The molecule has 0 aromatic heterocycles. The van der Waals surface area contributed by atoms with Gasteiger partial charge >= 0.3 is 0 Å². The number of amides is 1. The summed E-state index contributed by atoms with van der Waals surface area (Å²) in [5.74, 6) is 0.716. The molecule has 130 valence electrons. The van der Waals surface area contributed by atoms with Gasteiger partial charge in [0, 0.05) is 23.1 Å². The highest BCUT2D eigenvalue weighted by atomic mass is 16.5. The number of benzene rings is 2. The minimum absolute atomic E-state index is 0.111. The van der Waals surface area contributed by atoms with E-state index in [1.54, 1.807) is 0 Å². The molecule has 2 rings (SSSR count). The van der Waals surface area contributed by atoms with Crippen LogP contribution in [0, 0.1) is 0 Å². The number of ether oxygens (including phenoxy) is 2. The predicted octanol–water partition coefficient (Wildman–Crippen LogP) is 4.77. The van der Waals surface area contributed by atoms with E-state index in [4.69, 9.17) is 9.47 Å². The van der Waals surface area contributed by atoms with Crippen molar-refractivity contribution in [2.45, 2.75) is 46.1 Å². The quantitative estimate of drug-likeness (QED) is 0.758. The maximum absolute atomic E-state index is 12.8. The molecule has 4 heteroatoms. The van der Waals surface area contributed by atoms with Crippen molar-refractivity contribution < 1.29 is 14.3 Å². The van der Waals surface area contributed by atoms with Crippen molar-refractivity contribution in [2.24, 2.45) is 0 Å². The zero-order valence-corrected chi connectivity index (χ0v) is 15.0. The molecule has 0 saturated heterocycles. The SMILES string of the molecule is CCCC(C)(OCC)C(=O)Nc1ccc(OCC)c2ccccc12. The highest BCUT2D eigenvalue weighted by Crippen LogP contribution is 2.32. The monoisotopic (exact) mass is 329 g/mol. The summed E-state index contributed by atoms with van der Waals surface area (Å²) in [6, 6.07) is 11.7. The number of fused-ring (bicyclic) bond motifs is 1. The van der Waals surface area contributed by atoms with Crippen LogP contribution in [-0.2, 0) is 9.53 Å². The van der Waals surface area contributed by atoms with Gasteiger partial charge < -0.3 is 14.8 Å². The summed E-state index contributed by atoms with van der Waals surface area (Å²) >= 11 is 0. The Bertz CT molecular complexity index is 690. The van der Waals surface area contributed by atoms with Crippen molar-refractivity contribution in [2.75, 3.05) is 18.5 Å². The first-order valence-electron chi connectivity index (χ1n) is 8.65. The molecule has 0 bridgehead atoms. The zero-order chi connectivity index (χ0) is 17.6. The molecule has 0 aliphatic heterocycles. The van der Waals surface area contributed by atoms with Gasteiger partial charge in [-0.05, 0) is 39.3 Å². The fourth-order valence-corrected chi connectivity index (χ4v) is 2.96. The molecular weight excluding hydrogens is 302 g/mol. The second kappa shape index (κ2) is 8.15. The van der Waals surface area contributed by atoms with Crippen LogP contribution >= 0.6 is 0 Å². The molecule has 2 aromatic rings. The molecule has 4 nitrogen and oxygen atoms in total. The minimum Gasteiger partial charge on any atom is -0.493 e. The fraction of sp³-hybridized carbons (Fsp3) is 0.450. The molecular formula is C20H27NO3. The molecule has 1 unspecified atom stereocenters. The Labute approximate surface area is 144 Å². The van der Waals surface area contributed by atoms with Crippen LogP contribution in [0.2, 0.25) is 0 Å². The topological polar surface area (TPSA) is 47.6 Å². The summed E-state index contributed by atoms with van der Waals surface area (Å²) in [5.41, 5.74) is -0.0375. The largest absolute Gasteiger partial charge is 0.493 e. The number of nitrogens with one attached hydrogen (secondary N) is 1. The van der Waals surface area contributed by atoms with Crippen molar-refractivity contribution >= 4 is 22.4 Å². The average molecular weight is 329 g/mol. The van der Waals surface area contributed by atoms with Crippen molar-refractivity contribution in [3.63, 3.8) is 0 Å². The van der Waals surface area contributed by atoms with Crippen LogP contribution in [0.15, 0.2) is 36.4 Å². The van der Waals surface area contributed by atoms with Crippen LogP contribution in [0.5, 0.6) is 5.75 Å². The first kappa shape index (κ1) is 18.3. The first-order valence-corrected chi connectivity index (χ1v) is 8.65. The van der Waals surface area contributed by atoms with E-state index >= 15 is 0 Å². The van der Waals surface area contributed by atoms with E-state index in [0.29, 0.717) is 19.6 Å². The van der Waals surface area contributed by atoms with Gasteiger partial charge in [0.2, 0.25) is 0 Å². The normalized spacial score (nSPS) is 13.5. The molecule has 2 aromatic carbocycles. The summed E-state index contributed by atoms with van der Waals surface area (Å²) in [7, 11) is 0. The molecule has 0 saturated carbocycles. The lowest BCUT2D eigenvalue weighted by molar-refractivity contribution is -0.139. The Morgan fingerprint density at radius 1 is 1.04 bits per heavy atom. The van der Waals surface area contributed by atoms with Gasteiger partial charge in [-0.1, -0.05) is 37.6 Å². The number of carbonyl (C=O) groups excluding carboxylic acids is 1. The summed E-state index contributed by atoms with van der Waals surface area (Å²) in [6.07, 6.45) is 1.57. The molecule has 1 atom stereocenters. The lowest BCUT2D eigenvalue weighted by Crippen LogP contribution is -2.42. The molecule has 0 aliphatic carbocycles. The molecule has 0 heterocycles. The molecule has 1 N–H and O–H groups in total. The van der Waals surface area contributed by atoms with Gasteiger partial charge in [-0.25, -0.2) is 0 Å². The standard InChI is InChI=1S/C20H27NO3/c1-5-14-20(4,24-7-3)19(22)21-17-12-13-18(23-6-2)16-11-9-8-10-15(16)17/h8-13H,5-7,14H2,1-4H3,(H,21,22). The van der Waals surface area contributed by atoms with E-state index in [1.165, 1.54) is 0 Å². The van der Waals surface area contributed by atoms with E-state index in [1.807, 2.05) is 57.2 Å². The average Bonchev–Trinajstić information content (AvgIpc) is 2.57. The molecule has 0 spiro atoms. The molecule has 0 radical (unpaired) electrons. The Morgan fingerprint density at radius 3 is 2.38 bits per heavy atom. The number of anilines is 1. The Balaban J connectivity index is 2.36. The third-order valence-electron chi connectivity index (χ3n) is 4.10. The summed E-state index contributed by atoms with van der Waals surface area (Å²) in [4.78, 5) is 12.8. The van der Waals surface area contributed by atoms with Crippen LogP contribution in [0.25, 0.3) is 10.8 Å². The maximum atomic E-state index is 12.8. The molecule has 0 fully saturated rings. The number of hydrogen-bond donors (Lipinski definition) is 1. The van der Waals surface area contributed by atoms with Gasteiger partial charge in [0.15, 0.2) is 0 Å². The van der Waals surface area contributed by atoms with Gasteiger partial charge in [0.1, 0.15) is 11.4 Å². The van der Waals surface area contributed by atoms with Crippen molar-refractivity contribution in [1.82, 2.24) is 0 Å². The third kappa shape index (κ3) is 3.88. The fourth-order valence-electron chi connectivity index (χ4n) is 2.96. The third-order valence-corrected chi connectivity index (χ3v) is 4.10. The van der Waals surface area contributed by atoms with Crippen LogP contribution in [0.4, 0.5) is 5.69 Å². The summed E-state index contributed by atoms with van der Waals surface area (Å²) in [5, 5.41) is 5.00. The summed E-state index contributed by atoms with van der Waals surface area (Å²) < 4.78 is 11.4. The van der Waals surface area contributed by atoms with Gasteiger partial charge in [0.25, 0.3) is 5.91 Å². The van der Waals surface area contributed by atoms with Crippen molar-refractivity contribution in [3.8, 4) is 5.75 Å². The highest BCUT2D eigenvalue weighted by Gasteiger charge is 2.33. The first-order chi connectivity index (χ1) is 11.6. The van der Waals surface area contributed by atoms with E-state index in [2.05, 4.69) is 12.2 Å². The van der Waals surface area contributed by atoms with E-state index in [9.17, 15) is 4.79 Å². The predicted molar refractivity (Wildman–Crippen MR) is 98.7 cm³/mol. The highest BCUT2D eigenvalue weighted by molar-refractivity contribution is 6.06. The lowest BCUT2D eigenvalue weighted by atomic mass is 9.98. The van der Waals surface area contributed by atoms with Crippen LogP contribution < -0.4 is 10.1 Å². The summed E-state index contributed by atoms with van der Waals surface area (Å²) in [6.45, 7) is 8.89. The second-order valence-electron chi connectivity index (χ2n) is 5.96. The molecule has 1 amide bonds.